The zero-order valence-corrected chi connectivity index (χ0v) is 11.7. The van der Waals surface area contributed by atoms with Gasteiger partial charge in [0.2, 0.25) is 5.91 Å². The molecule has 1 unspecified atom stereocenters. The minimum Gasteiger partial charge on any atom is -0.371 e. The van der Waals surface area contributed by atoms with Gasteiger partial charge in [-0.3, -0.25) is 10.1 Å². The summed E-state index contributed by atoms with van der Waals surface area (Å²) < 4.78 is 13.0. The Kier molecular flexibility index (Phi) is 5.38. The van der Waals surface area contributed by atoms with Crippen molar-refractivity contribution in [1.29, 1.82) is 0 Å². The minimum absolute atomic E-state index is 0.0459. The number of hydrogen-bond acceptors (Lipinski definition) is 3. The topological polar surface area (TPSA) is 70.2 Å². The van der Waals surface area contributed by atoms with Crippen LogP contribution >= 0.6 is 23.2 Å². The molecule has 0 aliphatic heterocycles. The number of halogens is 3. The number of urea groups is 1. The molecule has 1 aromatic rings. The lowest BCUT2D eigenvalue weighted by molar-refractivity contribution is -0.120. The first-order valence-corrected chi connectivity index (χ1v) is 6.04. The number of carbonyl (C=O) groups is 2. The number of hydrogen-bond donors (Lipinski definition) is 3. The summed E-state index contributed by atoms with van der Waals surface area (Å²) in [4.78, 5) is 22.6. The molecule has 0 bridgehead atoms. The lowest BCUT2D eigenvalue weighted by Gasteiger charge is -2.16. The minimum atomic E-state index is -0.780. The number of imide groups is 1. The van der Waals surface area contributed by atoms with Crippen molar-refractivity contribution in [3.63, 3.8) is 0 Å². The van der Waals surface area contributed by atoms with Crippen molar-refractivity contribution < 1.29 is 14.0 Å². The highest BCUT2D eigenvalue weighted by Crippen LogP contribution is 2.31. The molecule has 3 amide bonds. The Morgan fingerprint density at radius 2 is 1.79 bits per heavy atom. The fourth-order valence-electron chi connectivity index (χ4n) is 1.24. The van der Waals surface area contributed by atoms with Crippen LogP contribution in [-0.4, -0.2) is 25.0 Å². The van der Waals surface area contributed by atoms with Crippen molar-refractivity contribution in [2.75, 3.05) is 12.4 Å². The summed E-state index contributed by atoms with van der Waals surface area (Å²) in [5.74, 6) is -1.15. The number of benzene rings is 1. The molecular weight excluding hydrogens is 296 g/mol. The maximum Gasteiger partial charge on any atom is 0.321 e. The third-order valence-corrected chi connectivity index (χ3v) is 2.82. The van der Waals surface area contributed by atoms with Crippen molar-refractivity contribution in [2.45, 2.75) is 13.0 Å². The molecule has 1 rings (SSSR count). The predicted molar refractivity (Wildman–Crippen MR) is 72.1 cm³/mol. The Morgan fingerprint density at radius 3 is 2.26 bits per heavy atom. The number of nitrogens with one attached hydrogen (secondary N) is 3. The molecule has 1 aromatic carbocycles. The Hall–Kier alpha value is -1.53. The lowest BCUT2D eigenvalue weighted by atomic mass is 10.2. The summed E-state index contributed by atoms with van der Waals surface area (Å²) >= 11 is 11.6. The lowest BCUT2D eigenvalue weighted by Crippen LogP contribution is -2.44. The van der Waals surface area contributed by atoms with Gasteiger partial charge in [0.25, 0.3) is 0 Å². The van der Waals surface area contributed by atoms with Crippen LogP contribution in [-0.2, 0) is 4.79 Å². The first-order valence-electron chi connectivity index (χ1n) is 5.28. The van der Waals surface area contributed by atoms with E-state index in [-0.39, 0.29) is 15.7 Å². The molecule has 19 heavy (non-hydrogen) atoms. The van der Waals surface area contributed by atoms with E-state index in [1.165, 1.54) is 14.0 Å². The average molecular weight is 308 g/mol. The summed E-state index contributed by atoms with van der Waals surface area (Å²) in [6.07, 6.45) is 0. The summed E-state index contributed by atoms with van der Waals surface area (Å²) in [7, 11) is 1.38. The largest absolute Gasteiger partial charge is 0.371 e. The van der Waals surface area contributed by atoms with E-state index in [0.717, 1.165) is 12.1 Å². The van der Waals surface area contributed by atoms with Gasteiger partial charge in [0.15, 0.2) is 0 Å². The van der Waals surface area contributed by atoms with Gasteiger partial charge >= 0.3 is 6.03 Å². The quantitative estimate of drug-likeness (QED) is 0.803. The van der Waals surface area contributed by atoms with Crippen molar-refractivity contribution in [3.05, 3.63) is 28.0 Å². The summed E-state index contributed by atoms with van der Waals surface area (Å²) in [5, 5.41) is 7.14. The van der Waals surface area contributed by atoms with Gasteiger partial charge in [-0.15, -0.1) is 0 Å². The monoisotopic (exact) mass is 307 g/mol. The molecule has 0 heterocycles. The Labute approximate surface area is 119 Å². The third-order valence-electron chi connectivity index (χ3n) is 2.22. The SMILES string of the molecule is CNC(=O)NC(=O)C(C)Nc1c(Cl)cc(F)cc1Cl. The molecule has 0 spiro atoms. The van der Waals surface area contributed by atoms with Crippen molar-refractivity contribution in [2.24, 2.45) is 0 Å². The fourth-order valence-corrected chi connectivity index (χ4v) is 1.81. The fraction of sp³-hybridized carbons (Fsp3) is 0.273. The number of anilines is 1. The van der Waals surface area contributed by atoms with Gasteiger partial charge in [-0.1, -0.05) is 23.2 Å². The molecule has 104 valence electrons. The number of amides is 3. The standard InChI is InChI=1S/C11H12Cl2FN3O2/c1-5(10(18)17-11(19)15-2)16-9-7(12)3-6(14)4-8(9)13/h3-5,16H,1-2H3,(H2,15,17,18,19). The van der Waals surface area contributed by atoms with Gasteiger partial charge in [0.05, 0.1) is 15.7 Å². The van der Waals surface area contributed by atoms with E-state index in [1.54, 1.807) is 0 Å². The number of rotatable bonds is 3. The average Bonchev–Trinajstić information content (AvgIpc) is 2.32. The Bertz CT molecular complexity index is 488. The number of carbonyl (C=O) groups excluding carboxylic acids is 2. The highest BCUT2D eigenvalue weighted by molar-refractivity contribution is 6.39. The first-order chi connectivity index (χ1) is 8.85. The van der Waals surface area contributed by atoms with Crippen LogP contribution in [0.2, 0.25) is 10.0 Å². The van der Waals surface area contributed by atoms with Crippen molar-refractivity contribution in [1.82, 2.24) is 10.6 Å². The summed E-state index contributed by atoms with van der Waals surface area (Å²) in [5.41, 5.74) is 0.226. The Balaban J connectivity index is 2.80. The van der Waals surface area contributed by atoms with Gasteiger partial charge in [0, 0.05) is 7.05 Å². The van der Waals surface area contributed by atoms with Crippen LogP contribution < -0.4 is 16.0 Å². The molecule has 1 atom stereocenters. The maximum atomic E-state index is 13.0. The van der Waals surface area contributed by atoms with Crippen LogP contribution in [0.15, 0.2) is 12.1 Å². The molecule has 8 heteroatoms. The molecule has 3 N–H and O–H groups in total. The molecule has 0 aromatic heterocycles. The first kappa shape index (κ1) is 15.5. The second kappa shape index (κ2) is 6.58. The molecule has 0 fully saturated rings. The second-order valence-corrected chi connectivity index (χ2v) is 4.49. The van der Waals surface area contributed by atoms with E-state index in [4.69, 9.17) is 23.2 Å². The van der Waals surface area contributed by atoms with Crippen molar-refractivity contribution in [3.8, 4) is 0 Å². The highest BCUT2D eigenvalue weighted by atomic mass is 35.5. The van der Waals surface area contributed by atoms with Gasteiger partial charge in [-0.2, -0.15) is 0 Å². The van der Waals surface area contributed by atoms with Gasteiger partial charge < -0.3 is 10.6 Å². The molecule has 5 nitrogen and oxygen atoms in total. The maximum absolute atomic E-state index is 13.0. The van der Waals surface area contributed by atoms with E-state index < -0.39 is 23.8 Å². The molecule has 0 radical (unpaired) electrons. The zero-order valence-electron chi connectivity index (χ0n) is 10.2. The highest BCUT2D eigenvalue weighted by Gasteiger charge is 2.18. The third kappa shape index (κ3) is 4.25. The van der Waals surface area contributed by atoms with E-state index in [2.05, 4.69) is 16.0 Å². The molecule has 0 aliphatic carbocycles. The van der Waals surface area contributed by atoms with Crippen LogP contribution in [0.1, 0.15) is 6.92 Å². The zero-order chi connectivity index (χ0) is 14.6. The molecular formula is C11H12Cl2FN3O2. The molecule has 0 saturated carbocycles. The van der Waals surface area contributed by atoms with Crippen LogP contribution in [0.4, 0.5) is 14.9 Å². The second-order valence-electron chi connectivity index (χ2n) is 3.68. The smallest absolute Gasteiger partial charge is 0.321 e. The van der Waals surface area contributed by atoms with E-state index in [9.17, 15) is 14.0 Å². The van der Waals surface area contributed by atoms with Gasteiger partial charge in [-0.25, -0.2) is 9.18 Å². The molecule has 0 aliphatic rings. The van der Waals surface area contributed by atoms with Crippen LogP contribution in [0, 0.1) is 5.82 Å². The van der Waals surface area contributed by atoms with Gasteiger partial charge in [-0.05, 0) is 19.1 Å². The van der Waals surface area contributed by atoms with Gasteiger partial charge in [0.1, 0.15) is 11.9 Å². The predicted octanol–water partition coefficient (Wildman–Crippen LogP) is 2.39. The van der Waals surface area contributed by atoms with Crippen molar-refractivity contribution >= 4 is 40.8 Å². The van der Waals surface area contributed by atoms with Crippen LogP contribution in [0.25, 0.3) is 0 Å². The Morgan fingerprint density at radius 1 is 1.26 bits per heavy atom. The van der Waals surface area contributed by atoms with E-state index in [0.29, 0.717) is 0 Å². The van der Waals surface area contributed by atoms with Crippen LogP contribution in [0.3, 0.4) is 0 Å². The summed E-state index contributed by atoms with van der Waals surface area (Å²) in [6.45, 7) is 1.51. The van der Waals surface area contributed by atoms with E-state index >= 15 is 0 Å². The molecule has 0 saturated heterocycles. The van der Waals surface area contributed by atoms with E-state index in [1.807, 2.05) is 0 Å². The van der Waals surface area contributed by atoms with Crippen LogP contribution in [0.5, 0.6) is 0 Å². The normalized spacial score (nSPS) is 11.6. The summed E-state index contributed by atoms with van der Waals surface area (Å²) in [6, 6.07) is 0.728.